The predicted octanol–water partition coefficient (Wildman–Crippen LogP) is 3.21. The van der Waals surface area contributed by atoms with Crippen LogP contribution in [0.25, 0.3) is 27.9 Å². The fourth-order valence-corrected chi connectivity index (χ4v) is 2.81. The summed E-state index contributed by atoms with van der Waals surface area (Å²) in [7, 11) is 0. The van der Waals surface area contributed by atoms with Crippen molar-refractivity contribution in [1.82, 2.24) is 14.8 Å². The summed E-state index contributed by atoms with van der Waals surface area (Å²) in [5, 5.41) is 7.51. The van der Waals surface area contributed by atoms with Gasteiger partial charge in [0.25, 0.3) is 5.56 Å². The number of aromatic nitrogens is 3. The molecule has 0 radical (unpaired) electrons. The van der Waals surface area contributed by atoms with Crippen molar-refractivity contribution >= 4 is 28.3 Å². The molecule has 1 aromatic carbocycles. The molecule has 6 nitrogen and oxygen atoms in total. The Morgan fingerprint density at radius 3 is 2.78 bits per heavy atom. The van der Waals surface area contributed by atoms with E-state index in [-0.39, 0.29) is 11.4 Å². The predicted molar refractivity (Wildman–Crippen MR) is 88.8 cm³/mol. The number of nitrogens with two attached hydrogens (primary N) is 1. The maximum Gasteiger partial charge on any atom is 0.268 e. The molecule has 4 rings (SSSR count). The van der Waals surface area contributed by atoms with Gasteiger partial charge in [-0.15, -0.1) is 0 Å². The molecule has 0 aliphatic heterocycles. The van der Waals surface area contributed by atoms with Crippen molar-refractivity contribution in [2.24, 2.45) is 0 Å². The van der Waals surface area contributed by atoms with Crippen molar-refractivity contribution in [3.8, 4) is 17.0 Å². The van der Waals surface area contributed by atoms with Gasteiger partial charge in [0, 0.05) is 6.20 Å². The second-order valence-corrected chi connectivity index (χ2v) is 5.41. The van der Waals surface area contributed by atoms with Gasteiger partial charge in [0.1, 0.15) is 11.1 Å². The Morgan fingerprint density at radius 2 is 2.04 bits per heavy atom. The lowest BCUT2D eigenvalue weighted by molar-refractivity contribution is 0.582. The molecule has 114 valence electrons. The maximum atomic E-state index is 12.8. The highest BCUT2D eigenvalue weighted by Crippen LogP contribution is 2.29. The first-order valence-corrected chi connectivity index (χ1v) is 7.22. The molecule has 0 saturated carbocycles. The average molecular weight is 327 g/mol. The summed E-state index contributed by atoms with van der Waals surface area (Å²) in [6.07, 6.45) is 3.23. The molecule has 7 heteroatoms. The summed E-state index contributed by atoms with van der Waals surface area (Å²) in [4.78, 5) is 12.8. The summed E-state index contributed by atoms with van der Waals surface area (Å²) in [6.45, 7) is 0. The minimum absolute atomic E-state index is 0.138. The van der Waals surface area contributed by atoms with Crippen LogP contribution in [0.3, 0.4) is 0 Å². The van der Waals surface area contributed by atoms with Crippen molar-refractivity contribution in [2.75, 3.05) is 5.73 Å². The number of benzene rings is 1. The number of para-hydroxylation sites is 1. The Bertz CT molecular complexity index is 1060. The zero-order chi connectivity index (χ0) is 16.0. The Labute approximate surface area is 135 Å². The number of H-pyrrole nitrogens is 1. The van der Waals surface area contributed by atoms with Gasteiger partial charge >= 0.3 is 0 Å². The molecule has 0 saturated heterocycles. The number of halogens is 1. The zero-order valence-electron chi connectivity index (χ0n) is 11.8. The minimum atomic E-state index is -0.297. The van der Waals surface area contributed by atoms with Crippen molar-refractivity contribution in [3.63, 3.8) is 0 Å². The van der Waals surface area contributed by atoms with Gasteiger partial charge < -0.3 is 10.2 Å². The van der Waals surface area contributed by atoms with Gasteiger partial charge in [-0.3, -0.25) is 14.5 Å². The molecule has 3 heterocycles. The Kier molecular flexibility index (Phi) is 2.99. The van der Waals surface area contributed by atoms with E-state index >= 15 is 0 Å². The summed E-state index contributed by atoms with van der Waals surface area (Å²) >= 11 is 6.24. The number of hydrogen-bond acceptors (Lipinski definition) is 4. The van der Waals surface area contributed by atoms with E-state index in [1.807, 2.05) is 6.07 Å². The van der Waals surface area contributed by atoms with Gasteiger partial charge in [0.05, 0.1) is 28.1 Å². The van der Waals surface area contributed by atoms with Gasteiger partial charge in [-0.25, -0.2) is 0 Å². The lowest BCUT2D eigenvalue weighted by Crippen LogP contribution is -2.19. The van der Waals surface area contributed by atoms with E-state index in [4.69, 9.17) is 21.8 Å². The van der Waals surface area contributed by atoms with Crippen molar-refractivity contribution in [3.05, 3.63) is 64.2 Å². The number of nitrogens with zero attached hydrogens (tertiary/aromatic N) is 2. The molecule has 0 bridgehead atoms. The van der Waals surface area contributed by atoms with E-state index in [1.54, 1.807) is 42.8 Å². The van der Waals surface area contributed by atoms with E-state index in [0.29, 0.717) is 32.9 Å². The van der Waals surface area contributed by atoms with E-state index in [2.05, 4.69) is 10.2 Å². The molecule has 0 atom stereocenters. The first kappa shape index (κ1) is 13.7. The molecule has 0 aliphatic carbocycles. The molecule has 0 aliphatic rings. The lowest BCUT2D eigenvalue weighted by Gasteiger charge is -2.10. The largest absolute Gasteiger partial charge is 0.464 e. The molecule has 3 aromatic heterocycles. The van der Waals surface area contributed by atoms with Crippen LogP contribution in [0.1, 0.15) is 0 Å². The quantitative estimate of drug-likeness (QED) is 0.592. The number of fused-ring (bicyclic) bond motifs is 1. The number of pyridine rings is 1. The number of nitrogen functional groups attached to an aromatic ring is 1. The Morgan fingerprint density at radius 1 is 1.22 bits per heavy atom. The minimum Gasteiger partial charge on any atom is -0.464 e. The molecule has 3 N–H and O–H groups in total. The fraction of sp³-hybridized carbons (Fsp3) is 0. The number of aromatic amines is 1. The Hall–Kier alpha value is -2.99. The number of anilines is 1. The molecule has 0 amide bonds. The number of nitrogens with one attached hydrogen (secondary N) is 1. The fourth-order valence-electron chi connectivity index (χ4n) is 2.58. The van der Waals surface area contributed by atoms with Gasteiger partial charge in [-0.2, -0.15) is 5.10 Å². The topological polar surface area (TPSA) is 89.8 Å². The molecule has 23 heavy (non-hydrogen) atoms. The summed E-state index contributed by atoms with van der Waals surface area (Å²) in [5.41, 5.74) is 7.34. The van der Waals surface area contributed by atoms with Crippen LogP contribution in [0.15, 0.2) is 58.1 Å². The molecular formula is C16H11ClN4O2. The maximum absolute atomic E-state index is 12.8. The van der Waals surface area contributed by atoms with Crippen LogP contribution >= 0.6 is 11.6 Å². The standard InChI is InChI=1S/C16H11ClN4O2/c17-10-4-1-2-5-11(10)21-8-9(12-6-3-7-23-12)14-13(16(21)22)15(18)20-19-14/h1-8H,(H3,18,19,20). The molecule has 0 unspecified atom stereocenters. The third kappa shape index (κ3) is 2.03. The number of hydrogen-bond donors (Lipinski definition) is 2. The first-order valence-electron chi connectivity index (χ1n) is 6.85. The Balaban J connectivity index is 2.14. The van der Waals surface area contributed by atoms with Crippen LogP contribution in [0, 0.1) is 0 Å². The number of rotatable bonds is 2. The molecule has 4 aromatic rings. The van der Waals surface area contributed by atoms with Crippen molar-refractivity contribution in [2.45, 2.75) is 0 Å². The smallest absolute Gasteiger partial charge is 0.268 e. The van der Waals surface area contributed by atoms with Crippen molar-refractivity contribution in [1.29, 1.82) is 0 Å². The van der Waals surface area contributed by atoms with E-state index in [1.165, 1.54) is 4.57 Å². The summed E-state index contributed by atoms with van der Waals surface area (Å²) < 4.78 is 6.91. The SMILES string of the molecule is Nc1n[nH]c2c(-c3ccco3)cn(-c3ccccc3Cl)c(=O)c12. The van der Waals surface area contributed by atoms with E-state index in [9.17, 15) is 4.79 Å². The average Bonchev–Trinajstić information content (AvgIpc) is 3.19. The van der Waals surface area contributed by atoms with Gasteiger partial charge in [0.15, 0.2) is 5.82 Å². The molecular weight excluding hydrogens is 316 g/mol. The third-order valence-corrected chi connectivity index (χ3v) is 3.97. The van der Waals surface area contributed by atoms with Crippen LogP contribution < -0.4 is 11.3 Å². The normalized spacial score (nSPS) is 11.2. The van der Waals surface area contributed by atoms with Crippen LogP contribution in [0.5, 0.6) is 0 Å². The van der Waals surface area contributed by atoms with Crippen LogP contribution in [-0.4, -0.2) is 14.8 Å². The third-order valence-electron chi connectivity index (χ3n) is 3.65. The number of furan rings is 1. The van der Waals surface area contributed by atoms with Gasteiger partial charge in [-0.1, -0.05) is 23.7 Å². The zero-order valence-corrected chi connectivity index (χ0v) is 12.5. The van der Waals surface area contributed by atoms with Gasteiger partial charge in [-0.05, 0) is 24.3 Å². The van der Waals surface area contributed by atoms with E-state index in [0.717, 1.165) is 0 Å². The second kappa shape index (κ2) is 5.03. The van der Waals surface area contributed by atoms with Gasteiger partial charge in [0.2, 0.25) is 0 Å². The van der Waals surface area contributed by atoms with Crippen LogP contribution in [0.2, 0.25) is 5.02 Å². The second-order valence-electron chi connectivity index (χ2n) is 5.01. The van der Waals surface area contributed by atoms with Crippen molar-refractivity contribution < 1.29 is 4.42 Å². The van der Waals surface area contributed by atoms with E-state index < -0.39 is 0 Å². The summed E-state index contributed by atoms with van der Waals surface area (Å²) in [5.74, 6) is 0.735. The highest BCUT2D eigenvalue weighted by atomic mass is 35.5. The monoisotopic (exact) mass is 326 g/mol. The summed E-state index contributed by atoms with van der Waals surface area (Å²) in [6, 6.07) is 10.7. The highest BCUT2D eigenvalue weighted by Gasteiger charge is 2.18. The molecule has 0 fully saturated rings. The van der Waals surface area contributed by atoms with Crippen LogP contribution in [-0.2, 0) is 0 Å². The molecule has 0 spiro atoms. The highest BCUT2D eigenvalue weighted by molar-refractivity contribution is 6.32. The van der Waals surface area contributed by atoms with Crippen LogP contribution in [0.4, 0.5) is 5.82 Å². The lowest BCUT2D eigenvalue weighted by atomic mass is 10.1. The first-order chi connectivity index (χ1) is 11.2.